The number of hydrogen-bond donors (Lipinski definition) is 1. The first-order valence-electron chi connectivity index (χ1n) is 5.46. The number of rotatable bonds is 3. The number of thioether (sulfide) groups is 1. The lowest BCUT2D eigenvalue weighted by Crippen LogP contribution is -2.32. The molecule has 0 spiro atoms. The average molecular weight is 235 g/mol. The van der Waals surface area contributed by atoms with Crippen molar-refractivity contribution in [1.82, 2.24) is 4.90 Å². The molecule has 2 N–H and O–H groups in total. The van der Waals surface area contributed by atoms with Crippen LogP contribution < -0.4 is 5.73 Å². The van der Waals surface area contributed by atoms with Crippen molar-refractivity contribution in [2.45, 2.75) is 6.04 Å². The van der Waals surface area contributed by atoms with E-state index in [-0.39, 0.29) is 6.04 Å². The van der Waals surface area contributed by atoms with Gasteiger partial charge in [-0.05, 0) is 5.56 Å². The Bertz CT molecular complexity index is 364. The van der Waals surface area contributed by atoms with Gasteiger partial charge >= 0.3 is 0 Å². The lowest BCUT2D eigenvalue weighted by Gasteiger charge is -2.22. The van der Waals surface area contributed by atoms with E-state index in [1.165, 1.54) is 5.56 Å². The van der Waals surface area contributed by atoms with Crippen molar-refractivity contribution in [2.75, 3.05) is 25.9 Å². The molecule has 1 unspecified atom stereocenters. The molecule has 86 valence electrons. The Labute approximate surface area is 101 Å². The van der Waals surface area contributed by atoms with Crippen LogP contribution in [0.25, 0.3) is 0 Å². The summed E-state index contributed by atoms with van der Waals surface area (Å²) in [6, 6.07) is 10.3. The van der Waals surface area contributed by atoms with E-state index >= 15 is 0 Å². The minimum atomic E-state index is 0.0663. The molecule has 0 bridgehead atoms. The molecular weight excluding hydrogens is 218 g/mol. The molecule has 0 amide bonds. The van der Waals surface area contributed by atoms with Gasteiger partial charge < -0.3 is 10.6 Å². The van der Waals surface area contributed by atoms with Gasteiger partial charge in [0.05, 0.1) is 0 Å². The van der Waals surface area contributed by atoms with Gasteiger partial charge in [-0.3, -0.25) is 4.99 Å². The normalized spacial score (nSPS) is 20.4. The molecule has 16 heavy (non-hydrogen) atoms. The van der Waals surface area contributed by atoms with Crippen LogP contribution in [0.2, 0.25) is 0 Å². The van der Waals surface area contributed by atoms with Crippen LogP contribution in [-0.4, -0.2) is 36.0 Å². The second kappa shape index (κ2) is 5.37. The van der Waals surface area contributed by atoms with Crippen LogP contribution in [0, 0.1) is 0 Å². The maximum Gasteiger partial charge on any atom is 0.159 e. The molecule has 0 aliphatic carbocycles. The minimum Gasteiger partial charge on any atom is -0.349 e. The number of nitrogens with two attached hydrogens (primary N) is 1. The van der Waals surface area contributed by atoms with Gasteiger partial charge in [-0.1, -0.05) is 42.1 Å². The lowest BCUT2D eigenvalue weighted by atomic mass is 10.1. The van der Waals surface area contributed by atoms with Crippen LogP contribution >= 0.6 is 11.8 Å². The molecule has 1 atom stereocenters. The summed E-state index contributed by atoms with van der Waals surface area (Å²) >= 11 is 1.81. The van der Waals surface area contributed by atoms with E-state index in [4.69, 9.17) is 5.73 Å². The van der Waals surface area contributed by atoms with Crippen LogP contribution in [0.4, 0.5) is 0 Å². The Morgan fingerprint density at radius 3 is 2.88 bits per heavy atom. The third kappa shape index (κ3) is 2.57. The number of nitrogens with zero attached hydrogens (tertiary/aromatic N) is 2. The van der Waals surface area contributed by atoms with Gasteiger partial charge in [-0.15, -0.1) is 0 Å². The zero-order valence-corrected chi connectivity index (χ0v) is 10.3. The molecule has 1 aliphatic heterocycles. The summed E-state index contributed by atoms with van der Waals surface area (Å²) < 4.78 is 0. The predicted molar refractivity (Wildman–Crippen MR) is 70.8 cm³/mol. The van der Waals surface area contributed by atoms with Gasteiger partial charge in [0.15, 0.2) is 5.17 Å². The molecule has 1 aromatic carbocycles. The topological polar surface area (TPSA) is 41.6 Å². The van der Waals surface area contributed by atoms with E-state index in [1.807, 2.05) is 37.0 Å². The highest BCUT2D eigenvalue weighted by Gasteiger charge is 2.21. The van der Waals surface area contributed by atoms with E-state index in [0.717, 1.165) is 24.0 Å². The number of amidine groups is 1. The maximum absolute atomic E-state index is 6.19. The van der Waals surface area contributed by atoms with Gasteiger partial charge in [0.1, 0.15) is 0 Å². The summed E-state index contributed by atoms with van der Waals surface area (Å²) in [4.78, 5) is 6.53. The minimum absolute atomic E-state index is 0.0663. The van der Waals surface area contributed by atoms with Crippen LogP contribution in [0.5, 0.6) is 0 Å². The van der Waals surface area contributed by atoms with Crippen molar-refractivity contribution in [3.63, 3.8) is 0 Å². The molecule has 1 heterocycles. The SMILES string of the molecule is CN=C1SCCN1CC(N)c1ccccc1. The molecule has 0 radical (unpaired) electrons. The number of hydrogen-bond acceptors (Lipinski definition) is 3. The highest BCUT2D eigenvalue weighted by molar-refractivity contribution is 8.14. The predicted octanol–water partition coefficient (Wildman–Crippen LogP) is 1.72. The van der Waals surface area contributed by atoms with Crippen LogP contribution in [0.1, 0.15) is 11.6 Å². The summed E-state index contributed by atoms with van der Waals surface area (Å²) in [6.45, 7) is 1.90. The van der Waals surface area contributed by atoms with Crippen molar-refractivity contribution >= 4 is 16.9 Å². The standard InChI is InChI=1S/C12H17N3S/c1-14-12-15(7-8-16-12)9-11(13)10-5-3-2-4-6-10/h2-6,11H,7-9,13H2,1H3. The van der Waals surface area contributed by atoms with Crippen LogP contribution in [0.15, 0.2) is 35.3 Å². The maximum atomic E-state index is 6.19. The second-order valence-corrected chi connectivity index (χ2v) is 4.88. The first-order chi connectivity index (χ1) is 7.81. The fourth-order valence-corrected chi connectivity index (χ4v) is 2.82. The summed E-state index contributed by atoms with van der Waals surface area (Å²) in [5, 5.41) is 1.12. The van der Waals surface area contributed by atoms with Gasteiger partial charge in [-0.25, -0.2) is 0 Å². The Kier molecular flexibility index (Phi) is 3.85. The average Bonchev–Trinajstić information content (AvgIpc) is 2.77. The second-order valence-electron chi connectivity index (χ2n) is 3.82. The number of benzene rings is 1. The Morgan fingerprint density at radius 2 is 2.19 bits per heavy atom. The third-order valence-electron chi connectivity index (χ3n) is 2.70. The van der Waals surface area contributed by atoms with Crippen molar-refractivity contribution in [3.05, 3.63) is 35.9 Å². The van der Waals surface area contributed by atoms with Crippen molar-refractivity contribution in [1.29, 1.82) is 0 Å². The van der Waals surface area contributed by atoms with Crippen molar-refractivity contribution in [3.8, 4) is 0 Å². The Balaban J connectivity index is 2.00. The molecule has 4 heteroatoms. The molecule has 2 rings (SSSR count). The first kappa shape index (κ1) is 11.5. The Morgan fingerprint density at radius 1 is 1.44 bits per heavy atom. The molecule has 3 nitrogen and oxygen atoms in total. The number of aliphatic imine (C=N–C) groups is 1. The largest absolute Gasteiger partial charge is 0.349 e. The van der Waals surface area contributed by atoms with E-state index in [0.29, 0.717) is 0 Å². The monoisotopic (exact) mass is 235 g/mol. The van der Waals surface area contributed by atoms with E-state index in [2.05, 4.69) is 22.0 Å². The quantitative estimate of drug-likeness (QED) is 0.867. The zero-order valence-electron chi connectivity index (χ0n) is 9.47. The molecule has 1 saturated heterocycles. The van der Waals surface area contributed by atoms with Gasteiger partial charge in [0.2, 0.25) is 0 Å². The highest BCUT2D eigenvalue weighted by atomic mass is 32.2. The molecule has 1 aromatic rings. The smallest absolute Gasteiger partial charge is 0.159 e. The van der Waals surface area contributed by atoms with Gasteiger partial charge in [0.25, 0.3) is 0 Å². The fourth-order valence-electron chi connectivity index (χ4n) is 1.85. The molecule has 1 aliphatic rings. The van der Waals surface area contributed by atoms with Crippen molar-refractivity contribution < 1.29 is 0 Å². The summed E-state index contributed by atoms with van der Waals surface area (Å²) in [5.74, 6) is 1.12. The third-order valence-corrected chi connectivity index (χ3v) is 3.78. The van der Waals surface area contributed by atoms with E-state index in [1.54, 1.807) is 0 Å². The zero-order chi connectivity index (χ0) is 11.4. The lowest BCUT2D eigenvalue weighted by molar-refractivity contribution is 0.422. The molecule has 1 fully saturated rings. The summed E-state index contributed by atoms with van der Waals surface area (Å²) in [5.41, 5.74) is 7.38. The van der Waals surface area contributed by atoms with E-state index in [9.17, 15) is 0 Å². The van der Waals surface area contributed by atoms with Crippen LogP contribution in [0.3, 0.4) is 0 Å². The molecular formula is C12H17N3S. The first-order valence-corrected chi connectivity index (χ1v) is 6.45. The molecule has 0 saturated carbocycles. The fraction of sp³-hybridized carbons (Fsp3) is 0.417. The van der Waals surface area contributed by atoms with E-state index < -0.39 is 0 Å². The Hall–Kier alpha value is -1.00. The van der Waals surface area contributed by atoms with Crippen molar-refractivity contribution in [2.24, 2.45) is 10.7 Å². The molecule has 0 aromatic heterocycles. The van der Waals surface area contributed by atoms with Crippen LogP contribution in [-0.2, 0) is 0 Å². The van der Waals surface area contributed by atoms with Gasteiger partial charge in [-0.2, -0.15) is 0 Å². The van der Waals surface area contributed by atoms with Gasteiger partial charge in [0, 0.05) is 31.9 Å². The highest BCUT2D eigenvalue weighted by Crippen LogP contribution is 2.20. The summed E-state index contributed by atoms with van der Waals surface area (Å²) in [7, 11) is 1.84. The summed E-state index contributed by atoms with van der Waals surface area (Å²) in [6.07, 6.45) is 0.